The predicted octanol–water partition coefficient (Wildman–Crippen LogP) is 3.47. The van der Waals surface area contributed by atoms with Crippen molar-refractivity contribution >= 4 is 54.6 Å². The average Bonchev–Trinajstić information content (AvgIpc) is 2.99. The third-order valence-electron chi connectivity index (χ3n) is 3.75. The molecule has 0 aliphatic rings. The van der Waals surface area contributed by atoms with Crippen LogP contribution in [0.4, 0.5) is 0 Å². The van der Waals surface area contributed by atoms with Crippen LogP contribution in [0, 0.1) is 0 Å². The maximum atomic E-state index is 13.1. The van der Waals surface area contributed by atoms with Gasteiger partial charge in [0.05, 0.1) is 28.2 Å². The number of nitrogens with one attached hydrogen (secondary N) is 1. The zero-order valence-electron chi connectivity index (χ0n) is 13.0. The van der Waals surface area contributed by atoms with Gasteiger partial charge in [0.25, 0.3) is 11.8 Å². The number of carbonyl (C=O) groups is 2. The molecule has 2 aromatic carbocycles. The van der Waals surface area contributed by atoms with Crippen molar-refractivity contribution in [2.75, 3.05) is 7.11 Å². The van der Waals surface area contributed by atoms with E-state index in [9.17, 15) is 9.59 Å². The van der Waals surface area contributed by atoms with E-state index in [2.05, 4.69) is 37.3 Å². The molecule has 0 saturated carbocycles. The molecule has 1 amide bonds. The largest absolute Gasteiger partial charge is 0.495 e. The lowest BCUT2D eigenvalue weighted by molar-refractivity contribution is 0.0955. The highest BCUT2D eigenvalue weighted by atomic mass is 79.9. The van der Waals surface area contributed by atoms with Crippen LogP contribution in [0.15, 0.2) is 51.5 Å². The summed E-state index contributed by atoms with van der Waals surface area (Å²) in [5.41, 5.74) is 3.37. The number of carbonyl (C=O) groups excluding carboxylic acids is 2. The van der Waals surface area contributed by atoms with Gasteiger partial charge >= 0.3 is 0 Å². The number of amides is 1. The summed E-state index contributed by atoms with van der Waals surface area (Å²) in [4.78, 5) is 25.2. The van der Waals surface area contributed by atoms with E-state index in [0.29, 0.717) is 32.3 Å². The summed E-state index contributed by atoms with van der Waals surface area (Å²) in [7, 11) is 1.49. The molecule has 3 N–H and O–H groups in total. The van der Waals surface area contributed by atoms with Gasteiger partial charge in [0.2, 0.25) is 0 Å². The molecule has 0 atom stereocenters. The highest BCUT2D eigenvalue weighted by Gasteiger charge is 2.22. The van der Waals surface area contributed by atoms with Crippen molar-refractivity contribution in [1.82, 2.24) is 9.99 Å². The SMILES string of the molecule is COc1c(Br)cc(Br)cc1C(=O)n1cc(C(=O)NN)c2ccccc21. The van der Waals surface area contributed by atoms with Crippen molar-refractivity contribution in [3.05, 3.63) is 62.7 Å². The Hall–Kier alpha value is -2.16. The Bertz CT molecular complexity index is 998. The molecule has 1 aromatic heterocycles. The molecule has 0 aliphatic carbocycles. The summed E-state index contributed by atoms with van der Waals surface area (Å²) in [5.74, 6) is 4.87. The molecule has 0 unspecified atom stereocenters. The molecule has 0 bridgehead atoms. The second-order valence-corrected chi connectivity index (χ2v) is 6.95. The van der Waals surface area contributed by atoms with Crippen molar-refractivity contribution in [1.29, 1.82) is 0 Å². The van der Waals surface area contributed by atoms with E-state index in [0.717, 1.165) is 4.47 Å². The van der Waals surface area contributed by atoms with E-state index in [-0.39, 0.29) is 5.91 Å². The number of fused-ring (bicyclic) bond motifs is 1. The van der Waals surface area contributed by atoms with Gasteiger partial charge in [0.15, 0.2) is 0 Å². The first-order chi connectivity index (χ1) is 12.0. The van der Waals surface area contributed by atoms with Gasteiger partial charge in [-0.15, -0.1) is 0 Å². The molecule has 3 aromatic rings. The van der Waals surface area contributed by atoms with Crippen LogP contribution in [0.2, 0.25) is 0 Å². The van der Waals surface area contributed by atoms with Crippen LogP contribution in [0.5, 0.6) is 5.75 Å². The number of aromatic nitrogens is 1. The molecular weight excluding hydrogens is 454 g/mol. The summed E-state index contributed by atoms with van der Waals surface area (Å²) in [5, 5.41) is 0.631. The fraction of sp³-hybridized carbons (Fsp3) is 0.0588. The van der Waals surface area contributed by atoms with Crippen LogP contribution < -0.4 is 16.0 Å². The van der Waals surface area contributed by atoms with E-state index in [1.165, 1.54) is 17.9 Å². The molecule has 3 rings (SSSR count). The molecule has 1 heterocycles. The number of ether oxygens (including phenoxy) is 1. The van der Waals surface area contributed by atoms with Crippen LogP contribution in [-0.4, -0.2) is 23.5 Å². The molecule has 0 aliphatic heterocycles. The van der Waals surface area contributed by atoms with E-state index >= 15 is 0 Å². The lowest BCUT2D eigenvalue weighted by Crippen LogP contribution is -2.29. The zero-order chi connectivity index (χ0) is 18.1. The average molecular weight is 467 g/mol. The molecule has 0 radical (unpaired) electrons. The summed E-state index contributed by atoms with van der Waals surface area (Å²) in [6.07, 6.45) is 1.48. The first-order valence-electron chi connectivity index (χ1n) is 7.16. The van der Waals surface area contributed by atoms with Gasteiger partial charge in [-0.3, -0.25) is 19.6 Å². The number of nitrogens with zero attached hydrogens (tertiary/aromatic N) is 1. The normalized spacial score (nSPS) is 10.7. The topological polar surface area (TPSA) is 86.3 Å². The van der Waals surface area contributed by atoms with Gasteiger partial charge in [-0.2, -0.15) is 0 Å². The molecular formula is C17H13Br2N3O3. The van der Waals surface area contributed by atoms with E-state index < -0.39 is 5.91 Å². The van der Waals surface area contributed by atoms with Crippen molar-refractivity contribution in [3.8, 4) is 5.75 Å². The maximum Gasteiger partial charge on any atom is 0.267 e. The van der Waals surface area contributed by atoms with Crippen molar-refractivity contribution in [2.24, 2.45) is 5.84 Å². The number of nitrogens with two attached hydrogens (primary N) is 1. The number of hydrogen-bond donors (Lipinski definition) is 2. The maximum absolute atomic E-state index is 13.1. The second-order valence-electron chi connectivity index (χ2n) is 5.18. The highest BCUT2D eigenvalue weighted by molar-refractivity contribution is 9.11. The Kier molecular flexibility index (Phi) is 4.94. The standard InChI is InChI=1S/C17H13Br2N3O3/c1-25-15-11(6-9(18)7-13(15)19)17(24)22-8-12(16(23)21-20)10-4-2-3-5-14(10)22/h2-8H,20H2,1H3,(H,21,23). The van der Waals surface area contributed by atoms with Gasteiger partial charge in [0, 0.05) is 16.1 Å². The summed E-state index contributed by atoms with van der Waals surface area (Å²) >= 11 is 6.77. The van der Waals surface area contributed by atoms with Crippen LogP contribution >= 0.6 is 31.9 Å². The second kappa shape index (κ2) is 6.99. The van der Waals surface area contributed by atoms with Crippen molar-refractivity contribution in [2.45, 2.75) is 0 Å². The third kappa shape index (κ3) is 3.08. The van der Waals surface area contributed by atoms with Gasteiger partial charge in [-0.1, -0.05) is 34.1 Å². The minimum Gasteiger partial charge on any atom is -0.495 e. The fourth-order valence-corrected chi connectivity index (χ4v) is 4.05. The molecule has 128 valence electrons. The minimum absolute atomic E-state index is 0.319. The lowest BCUT2D eigenvalue weighted by atomic mass is 10.1. The molecule has 0 saturated heterocycles. The zero-order valence-corrected chi connectivity index (χ0v) is 16.2. The van der Waals surface area contributed by atoms with E-state index in [4.69, 9.17) is 10.6 Å². The number of para-hydroxylation sites is 1. The van der Waals surface area contributed by atoms with Gasteiger partial charge in [-0.05, 0) is 34.1 Å². The van der Waals surface area contributed by atoms with Crippen molar-refractivity contribution in [3.63, 3.8) is 0 Å². The third-order valence-corrected chi connectivity index (χ3v) is 4.80. The first-order valence-corrected chi connectivity index (χ1v) is 8.75. The van der Waals surface area contributed by atoms with E-state index in [1.807, 2.05) is 0 Å². The summed E-state index contributed by atoms with van der Waals surface area (Å²) in [6, 6.07) is 10.6. The highest BCUT2D eigenvalue weighted by Crippen LogP contribution is 2.34. The van der Waals surface area contributed by atoms with Crippen LogP contribution in [0.3, 0.4) is 0 Å². The van der Waals surface area contributed by atoms with Gasteiger partial charge in [0.1, 0.15) is 5.75 Å². The van der Waals surface area contributed by atoms with Gasteiger partial charge < -0.3 is 4.74 Å². The van der Waals surface area contributed by atoms with Crippen molar-refractivity contribution < 1.29 is 14.3 Å². The fourth-order valence-electron chi connectivity index (χ4n) is 2.66. The number of benzene rings is 2. The molecule has 0 spiro atoms. The van der Waals surface area contributed by atoms with Crippen LogP contribution in [0.25, 0.3) is 10.9 Å². The van der Waals surface area contributed by atoms with Crippen LogP contribution in [-0.2, 0) is 0 Å². The van der Waals surface area contributed by atoms with Crippen LogP contribution in [0.1, 0.15) is 20.7 Å². The number of nitrogen functional groups attached to an aromatic ring is 1. The molecule has 0 fully saturated rings. The Morgan fingerprint density at radius 1 is 1.16 bits per heavy atom. The molecule has 25 heavy (non-hydrogen) atoms. The smallest absolute Gasteiger partial charge is 0.267 e. The Morgan fingerprint density at radius 2 is 1.88 bits per heavy atom. The Labute approximate surface area is 160 Å². The molecule has 8 heteroatoms. The minimum atomic E-state index is -0.467. The number of hydrazine groups is 1. The Morgan fingerprint density at radius 3 is 2.56 bits per heavy atom. The molecule has 6 nitrogen and oxygen atoms in total. The van der Waals surface area contributed by atoms with E-state index in [1.54, 1.807) is 36.4 Å². The summed E-state index contributed by atoms with van der Waals surface area (Å²) < 4.78 is 8.14. The number of hydrogen-bond acceptors (Lipinski definition) is 4. The quantitative estimate of drug-likeness (QED) is 0.351. The monoisotopic (exact) mass is 465 g/mol. The Balaban J connectivity index is 2.24. The number of methoxy groups -OCH3 is 1. The lowest BCUT2D eigenvalue weighted by Gasteiger charge is -2.11. The first kappa shape index (κ1) is 17.7. The number of rotatable bonds is 3. The van der Waals surface area contributed by atoms with Gasteiger partial charge in [-0.25, -0.2) is 5.84 Å². The predicted molar refractivity (Wildman–Crippen MR) is 102 cm³/mol. The number of halogens is 2. The summed E-state index contributed by atoms with van der Waals surface area (Å²) in [6.45, 7) is 0.